The van der Waals surface area contributed by atoms with Gasteiger partial charge in [0.2, 0.25) is 0 Å². The van der Waals surface area contributed by atoms with Gasteiger partial charge in [-0.2, -0.15) is 5.16 Å². The van der Waals surface area contributed by atoms with E-state index in [2.05, 4.69) is 5.16 Å². The quantitative estimate of drug-likeness (QED) is 0.786. The number of aromatic nitrogens is 1. The van der Waals surface area contributed by atoms with Gasteiger partial charge in [0, 0.05) is 5.56 Å². The van der Waals surface area contributed by atoms with Crippen molar-refractivity contribution in [3.05, 3.63) is 76.3 Å². The maximum Gasteiger partial charge on any atom is 0.280 e. The smallest absolute Gasteiger partial charge is 0.280 e. The lowest BCUT2D eigenvalue weighted by atomic mass is 9.77. The molecule has 1 N–H and O–H groups in total. The second kappa shape index (κ2) is 6.00. The van der Waals surface area contributed by atoms with E-state index >= 15 is 0 Å². The number of ether oxygens (including phenoxy) is 1. The first kappa shape index (κ1) is 14.8. The van der Waals surface area contributed by atoms with Gasteiger partial charge in [-0.3, -0.25) is 4.79 Å². The van der Waals surface area contributed by atoms with Crippen molar-refractivity contribution in [2.75, 3.05) is 0 Å². The molecule has 1 aliphatic carbocycles. The highest BCUT2D eigenvalue weighted by Crippen LogP contribution is 2.39. The Balaban J connectivity index is 1.35. The lowest BCUT2D eigenvalue weighted by Crippen LogP contribution is -2.32. The Hall–Kier alpha value is -2.82. The van der Waals surface area contributed by atoms with Gasteiger partial charge >= 0.3 is 0 Å². The van der Waals surface area contributed by atoms with Gasteiger partial charge in [0.1, 0.15) is 11.6 Å². The van der Waals surface area contributed by atoms with Gasteiger partial charge < -0.3 is 9.26 Å². The van der Waals surface area contributed by atoms with Crippen LogP contribution < -0.4 is 10.3 Å². The number of hydrogen-bond acceptors (Lipinski definition) is 3. The van der Waals surface area contributed by atoms with Crippen LogP contribution in [0.3, 0.4) is 0 Å². The summed E-state index contributed by atoms with van der Waals surface area (Å²) in [5, 5.41) is 2.27. The molecule has 1 aliphatic rings. The number of nitrogens with one attached hydrogen (secondary N) is 1. The van der Waals surface area contributed by atoms with Gasteiger partial charge in [-0.25, -0.2) is 4.39 Å². The molecule has 0 amide bonds. The topological polar surface area (TPSA) is 55.2 Å². The summed E-state index contributed by atoms with van der Waals surface area (Å²) < 4.78 is 24.0. The van der Waals surface area contributed by atoms with Crippen molar-refractivity contribution < 1.29 is 13.7 Å². The van der Waals surface area contributed by atoms with Crippen molar-refractivity contribution in [3.63, 3.8) is 0 Å². The van der Waals surface area contributed by atoms with Crippen molar-refractivity contribution in [3.8, 4) is 17.1 Å². The Morgan fingerprint density at radius 2 is 1.75 bits per heavy atom. The first-order chi connectivity index (χ1) is 11.7. The van der Waals surface area contributed by atoms with Gasteiger partial charge in [-0.1, -0.05) is 12.1 Å². The van der Waals surface area contributed by atoms with Crippen molar-refractivity contribution in [2.45, 2.75) is 24.9 Å². The van der Waals surface area contributed by atoms with Crippen LogP contribution in [0.4, 0.5) is 4.39 Å². The SMILES string of the molecule is O=c1cc(-c2ccc(OC3CC(c4ccc(F)cc4)C3)cc2)o[nH]1. The maximum atomic E-state index is 12.9. The molecule has 1 aromatic heterocycles. The fraction of sp³-hybridized carbons (Fsp3) is 0.211. The van der Waals surface area contributed by atoms with Gasteiger partial charge in [-0.15, -0.1) is 0 Å². The standard InChI is InChI=1S/C19H16FNO3/c20-15-5-1-12(2-6-15)14-9-17(10-14)23-16-7-3-13(4-8-16)18-11-19(22)21-24-18/h1-8,11,14,17H,9-10H2,(H,21,22). The molecule has 122 valence electrons. The van der Waals surface area contributed by atoms with E-state index in [1.54, 1.807) is 0 Å². The number of H-pyrrole nitrogens is 1. The molecule has 24 heavy (non-hydrogen) atoms. The van der Waals surface area contributed by atoms with E-state index in [-0.39, 0.29) is 17.5 Å². The van der Waals surface area contributed by atoms with Gasteiger partial charge in [0.25, 0.3) is 5.56 Å². The molecule has 0 radical (unpaired) electrons. The number of hydrogen-bond donors (Lipinski definition) is 1. The summed E-state index contributed by atoms with van der Waals surface area (Å²) in [6.45, 7) is 0. The first-order valence-electron chi connectivity index (χ1n) is 7.88. The second-order valence-electron chi connectivity index (χ2n) is 6.06. The molecule has 2 aromatic carbocycles. The fourth-order valence-corrected chi connectivity index (χ4v) is 2.98. The molecule has 1 heterocycles. The molecular weight excluding hydrogens is 309 g/mol. The predicted octanol–water partition coefficient (Wildman–Crippen LogP) is 4.10. The maximum absolute atomic E-state index is 12.9. The highest BCUT2D eigenvalue weighted by atomic mass is 19.1. The summed E-state index contributed by atoms with van der Waals surface area (Å²) in [5.41, 5.74) is 1.72. The Morgan fingerprint density at radius 3 is 2.38 bits per heavy atom. The first-order valence-corrected chi connectivity index (χ1v) is 7.88. The molecule has 0 atom stereocenters. The van der Waals surface area contributed by atoms with Crippen molar-refractivity contribution in [2.24, 2.45) is 0 Å². The van der Waals surface area contributed by atoms with Crippen molar-refractivity contribution >= 4 is 0 Å². The minimum Gasteiger partial charge on any atom is -0.490 e. The minimum atomic E-state index is -0.258. The zero-order chi connectivity index (χ0) is 16.5. The van der Waals surface area contributed by atoms with E-state index in [1.807, 2.05) is 36.4 Å². The number of rotatable bonds is 4. The van der Waals surface area contributed by atoms with Crippen LogP contribution in [0.1, 0.15) is 24.3 Å². The Bertz CT molecular complexity index is 874. The summed E-state index contributed by atoms with van der Waals surface area (Å²) in [6, 6.07) is 15.6. The van der Waals surface area contributed by atoms with Gasteiger partial charge in [0.05, 0.1) is 12.2 Å². The summed E-state index contributed by atoms with van der Waals surface area (Å²) in [7, 11) is 0. The summed E-state index contributed by atoms with van der Waals surface area (Å²) in [5.74, 6) is 1.53. The molecule has 1 fully saturated rings. The molecule has 0 spiro atoms. The molecule has 1 saturated carbocycles. The Kier molecular flexibility index (Phi) is 3.69. The molecule has 0 saturated heterocycles. The highest BCUT2D eigenvalue weighted by molar-refractivity contribution is 5.57. The Labute approximate surface area is 137 Å². The van der Waals surface area contributed by atoms with E-state index in [0.29, 0.717) is 11.7 Å². The average molecular weight is 325 g/mol. The van der Waals surface area contributed by atoms with Crippen LogP contribution in [0, 0.1) is 5.82 Å². The molecular formula is C19H16FNO3. The van der Waals surface area contributed by atoms with E-state index in [4.69, 9.17) is 9.26 Å². The van der Waals surface area contributed by atoms with E-state index in [9.17, 15) is 9.18 Å². The van der Waals surface area contributed by atoms with Crippen molar-refractivity contribution in [1.29, 1.82) is 0 Å². The van der Waals surface area contributed by atoms with Crippen molar-refractivity contribution in [1.82, 2.24) is 5.16 Å². The molecule has 0 unspecified atom stereocenters. The highest BCUT2D eigenvalue weighted by Gasteiger charge is 2.31. The molecule has 5 heteroatoms. The normalized spacial score (nSPS) is 19.7. The third-order valence-electron chi connectivity index (χ3n) is 4.40. The molecule has 3 aromatic rings. The van der Waals surface area contributed by atoms with Crippen LogP contribution in [-0.4, -0.2) is 11.3 Å². The summed E-state index contributed by atoms with van der Waals surface area (Å²) in [6.07, 6.45) is 2.04. The van der Waals surface area contributed by atoms with E-state index in [1.165, 1.54) is 18.2 Å². The average Bonchev–Trinajstić information content (AvgIpc) is 2.99. The number of aromatic amines is 1. The third kappa shape index (κ3) is 2.97. The van der Waals surface area contributed by atoms with Crippen LogP contribution >= 0.6 is 0 Å². The Morgan fingerprint density at radius 1 is 1.04 bits per heavy atom. The molecule has 0 bridgehead atoms. The van der Waals surface area contributed by atoms with Crippen LogP contribution in [0.15, 0.2) is 63.9 Å². The number of halogens is 1. The second-order valence-corrected chi connectivity index (χ2v) is 6.06. The lowest BCUT2D eigenvalue weighted by molar-refractivity contribution is 0.0985. The monoisotopic (exact) mass is 325 g/mol. The lowest BCUT2D eigenvalue weighted by Gasteiger charge is -2.35. The van der Waals surface area contributed by atoms with Crippen LogP contribution in [0.5, 0.6) is 5.75 Å². The minimum absolute atomic E-state index is 0.177. The summed E-state index contributed by atoms with van der Waals surface area (Å²) >= 11 is 0. The third-order valence-corrected chi connectivity index (χ3v) is 4.40. The molecule has 4 nitrogen and oxygen atoms in total. The molecule has 4 rings (SSSR count). The molecule has 0 aliphatic heterocycles. The predicted molar refractivity (Wildman–Crippen MR) is 87.6 cm³/mol. The number of benzene rings is 2. The van der Waals surface area contributed by atoms with E-state index < -0.39 is 0 Å². The summed E-state index contributed by atoms with van der Waals surface area (Å²) in [4.78, 5) is 11.1. The van der Waals surface area contributed by atoms with Gasteiger partial charge in [-0.05, 0) is 60.7 Å². The largest absolute Gasteiger partial charge is 0.490 e. The van der Waals surface area contributed by atoms with Gasteiger partial charge in [0.15, 0.2) is 5.76 Å². The fourth-order valence-electron chi connectivity index (χ4n) is 2.98. The van der Waals surface area contributed by atoms with Crippen LogP contribution in [-0.2, 0) is 0 Å². The zero-order valence-electron chi connectivity index (χ0n) is 12.9. The van der Waals surface area contributed by atoms with Crippen LogP contribution in [0.25, 0.3) is 11.3 Å². The van der Waals surface area contributed by atoms with Crippen LogP contribution in [0.2, 0.25) is 0 Å². The zero-order valence-corrected chi connectivity index (χ0v) is 12.9. The van der Waals surface area contributed by atoms with E-state index in [0.717, 1.165) is 29.7 Å².